The van der Waals surface area contributed by atoms with Crippen LogP contribution in [0.25, 0.3) is 0 Å². The first-order chi connectivity index (χ1) is 4.43. The predicted octanol–water partition coefficient (Wildman–Crippen LogP) is 0.671. The number of aryl methyl sites for hydroxylation is 1. The average molecular weight is 124 g/mol. The summed E-state index contributed by atoms with van der Waals surface area (Å²) in [5, 5.41) is 8.44. The quantitative estimate of drug-likeness (QED) is 0.629. The lowest BCUT2D eigenvalue weighted by atomic mass is 10.4. The second kappa shape index (κ2) is 3.30. The Labute approximate surface area is 54.7 Å². The van der Waals surface area contributed by atoms with Crippen LogP contribution in [0.15, 0.2) is 18.5 Å². The van der Waals surface area contributed by atoms with Crippen molar-refractivity contribution in [3.8, 4) is 0 Å². The van der Waals surface area contributed by atoms with Gasteiger partial charge in [-0.2, -0.15) is 0 Å². The molecule has 1 heterocycles. The monoisotopic (exact) mass is 124 g/mol. The van der Waals surface area contributed by atoms with Gasteiger partial charge in [-0.15, -0.1) is 0 Å². The van der Waals surface area contributed by atoms with E-state index in [2.05, 4.69) is 6.07 Å². The van der Waals surface area contributed by atoms with E-state index < -0.39 is 0 Å². The summed E-state index contributed by atoms with van der Waals surface area (Å²) < 4.78 is 2.00. The van der Waals surface area contributed by atoms with Crippen LogP contribution in [-0.2, 0) is 6.54 Å². The molecule has 0 saturated heterocycles. The molecule has 0 aliphatic rings. The summed E-state index contributed by atoms with van der Waals surface area (Å²) in [4.78, 5) is 0. The topological polar surface area (TPSA) is 25.2 Å². The highest BCUT2D eigenvalue weighted by molar-refractivity contribution is 4.87. The minimum absolute atomic E-state index is 0.262. The lowest BCUT2D eigenvalue weighted by Crippen LogP contribution is -1.95. The second-order valence-electron chi connectivity index (χ2n) is 1.93. The second-order valence-corrected chi connectivity index (χ2v) is 1.93. The molecule has 0 atom stereocenters. The molecule has 0 aliphatic carbocycles. The smallest absolute Gasteiger partial charge is 0.0448 e. The first-order valence-corrected chi connectivity index (χ1v) is 3.06. The number of nitrogens with zero attached hydrogens (tertiary/aromatic N) is 1. The van der Waals surface area contributed by atoms with Crippen LogP contribution in [0.1, 0.15) is 6.42 Å². The largest absolute Gasteiger partial charge is 0.396 e. The number of hydrogen-bond donors (Lipinski definition) is 1. The molecular weight excluding hydrogens is 114 g/mol. The van der Waals surface area contributed by atoms with Gasteiger partial charge >= 0.3 is 0 Å². The van der Waals surface area contributed by atoms with Gasteiger partial charge in [0.05, 0.1) is 0 Å². The van der Waals surface area contributed by atoms with Crippen LogP contribution in [-0.4, -0.2) is 16.3 Å². The minimum atomic E-state index is 0.262. The predicted molar refractivity (Wildman–Crippen MR) is 35.0 cm³/mol. The SMILES string of the molecule is OCCCn1c[c]cc1. The van der Waals surface area contributed by atoms with Gasteiger partial charge in [0.1, 0.15) is 0 Å². The minimum Gasteiger partial charge on any atom is -0.396 e. The van der Waals surface area contributed by atoms with Gasteiger partial charge in [-0.3, -0.25) is 0 Å². The van der Waals surface area contributed by atoms with E-state index in [1.165, 1.54) is 0 Å². The van der Waals surface area contributed by atoms with Crippen LogP contribution in [0.3, 0.4) is 0 Å². The standard InChI is InChI=1S/C7H10NO/c9-7-3-6-8-4-1-2-5-8/h1,4-5,9H,3,6-7H2. The fraction of sp³-hybridized carbons (Fsp3) is 0.429. The molecule has 0 amide bonds. The van der Waals surface area contributed by atoms with Gasteiger partial charge < -0.3 is 9.67 Å². The highest BCUT2D eigenvalue weighted by atomic mass is 16.3. The van der Waals surface area contributed by atoms with Crippen molar-refractivity contribution >= 4 is 0 Å². The maximum absolute atomic E-state index is 8.44. The van der Waals surface area contributed by atoms with Crippen LogP contribution >= 0.6 is 0 Å². The van der Waals surface area contributed by atoms with E-state index in [-0.39, 0.29) is 6.61 Å². The lowest BCUT2D eigenvalue weighted by Gasteiger charge is -1.97. The Balaban J connectivity index is 2.30. The molecule has 0 saturated carbocycles. The highest BCUT2D eigenvalue weighted by Crippen LogP contribution is 1.90. The van der Waals surface area contributed by atoms with E-state index in [1.54, 1.807) is 0 Å². The summed E-state index contributed by atoms with van der Waals surface area (Å²) in [7, 11) is 0. The van der Waals surface area contributed by atoms with E-state index in [0.717, 1.165) is 13.0 Å². The molecule has 0 bridgehead atoms. The molecule has 2 heteroatoms. The number of hydrogen-bond acceptors (Lipinski definition) is 1. The third-order valence-electron chi connectivity index (χ3n) is 1.18. The Hall–Kier alpha value is -0.760. The molecule has 1 N–H and O–H groups in total. The molecular formula is C7H10NO. The van der Waals surface area contributed by atoms with Gasteiger partial charge in [0.25, 0.3) is 0 Å². The molecule has 0 aromatic carbocycles. The number of rotatable bonds is 3. The number of aliphatic hydroxyl groups excluding tert-OH is 1. The lowest BCUT2D eigenvalue weighted by molar-refractivity contribution is 0.280. The Morgan fingerprint density at radius 1 is 1.56 bits per heavy atom. The summed E-state index contributed by atoms with van der Waals surface area (Å²) in [5.74, 6) is 0. The van der Waals surface area contributed by atoms with Crippen molar-refractivity contribution in [3.63, 3.8) is 0 Å². The van der Waals surface area contributed by atoms with Crippen molar-refractivity contribution in [1.82, 2.24) is 4.57 Å². The zero-order chi connectivity index (χ0) is 6.53. The van der Waals surface area contributed by atoms with Crippen LogP contribution in [0, 0.1) is 6.07 Å². The molecule has 0 aliphatic heterocycles. The molecule has 1 rings (SSSR count). The summed E-state index contributed by atoms with van der Waals surface area (Å²) >= 11 is 0. The average Bonchev–Trinajstić information content (AvgIpc) is 2.34. The zero-order valence-corrected chi connectivity index (χ0v) is 5.25. The molecule has 1 aromatic heterocycles. The molecule has 0 fully saturated rings. The summed E-state index contributed by atoms with van der Waals surface area (Å²) in [5.41, 5.74) is 0. The molecule has 2 nitrogen and oxygen atoms in total. The Morgan fingerprint density at radius 3 is 3.00 bits per heavy atom. The number of aromatic nitrogens is 1. The first-order valence-electron chi connectivity index (χ1n) is 3.06. The van der Waals surface area contributed by atoms with Gasteiger partial charge in [-0.1, -0.05) is 0 Å². The van der Waals surface area contributed by atoms with E-state index >= 15 is 0 Å². The highest BCUT2D eigenvalue weighted by Gasteiger charge is 1.85. The van der Waals surface area contributed by atoms with Gasteiger partial charge in [-0.25, -0.2) is 0 Å². The van der Waals surface area contributed by atoms with E-state index in [0.29, 0.717) is 0 Å². The third kappa shape index (κ3) is 1.90. The Bertz CT molecular complexity index is 146. The number of aliphatic hydroxyl groups is 1. The summed E-state index contributed by atoms with van der Waals surface area (Å²) in [6.07, 6.45) is 4.63. The van der Waals surface area contributed by atoms with Crippen LogP contribution in [0.4, 0.5) is 0 Å². The maximum atomic E-state index is 8.44. The first kappa shape index (κ1) is 6.36. The van der Waals surface area contributed by atoms with Gasteiger partial charge in [-0.05, 0) is 12.5 Å². The van der Waals surface area contributed by atoms with Crippen molar-refractivity contribution in [3.05, 3.63) is 24.5 Å². The van der Waals surface area contributed by atoms with Crippen LogP contribution in [0.2, 0.25) is 0 Å². The normalized spacial score (nSPS) is 9.89. The van der Waals surface area contributed by atoms with Crippen molar-refractivity contribution in [2.24, 2.45) is 0 Å². The maximum Gasteiger partial charge on any atom is 0.0448 e. The molecule has 9 heavy (non-hydrogen) atoms. The molecule has 49 valence electrons. The van der Waals surface area contributed by atoms with Crippen LogP contribution < -0.4 is 0 Å². The fourth-order valence-electron chi connectivity index (χ4n) is 0.713. The Kier molecular flexibility index (Phi) is 2.33. The van der Waals surface area contributed by atoms with E-state index in [9.17, 15) is 0 Å². The van der Waals surface area contributed by atoms with Gasteiger partial charge in [0.2, 0.25) is 0 Å². The fourth-order valence-corrected chi connectivity index (χ4v) is 0.713. The summed E-state index contributed by atoms with van der Waals surface area (Å²) in [6, 6.07) is 4.78. The molecule has 1 aromatic rings. The van der Waals surface area contributed by atoms with Crippen molar-refractivity contribution in [2.45, 2.75) is 13.0 Å². The van der Waals surface area contributed by atoms with Gasteiger partial charge in [0.15, 0.2) is 0 Å². The van der Waals surface area contributed by atoms with E-state index in [4.69, 9.17) is 5.11 Å². The van der Waals surface area contributed by atoms with Gasteiger partial charge in [0, 0.05) is 31.6 Å². The van der Waals surface area contributed by atoms with Crippen molar-refractivity contribution in [2.75, 3.05) is 6.61 Å². The van der Waals surface area contributed by atoms with Crippen molar-refractivity contribution < 1.29 is 5.11 Å². The summed E-state index contributed by atoms with van der Waals surface area (Å²) in [6.45, 7) is 1.15. The van der Waals surface area contributed by atoms with Crippen LogP contribution in [0.5, 0.6) is 0 Å². The molecule has 0 spiro atoms. The van der Waals surface area contributed by atoms with Crippen molar-refractivity contribution in [1.29, 1.82) is 0 Å². The molecule has 0 unspecified atom stereocenters. The third-order valence-corrected chi connectivity index (χ3v) is 1.18. The van der Waals surface area contributed by atoms with E-state index in [1.807, 2.05) is 23.0 Å². The zero-order valence-electron chi connectivity index (χ0n) is 5.25. The molecule has 1 radical (unpaired) electrons. The Morgan fingerprint density at radius 2 is 2.44 bits per heavy atom.